The van der Waals surface area contributed by atoms with Crippen LogP contribution in [0, 0.1) is 13.8 Å². The summed E-state index contributed by atoms with van der Waals surface area (Å²) in [4.78, 5) is 28.8. The average Bonchev–Trinajstić information content (AvgIpc) is 2.83. The molecular weight excluding hydrogens is 507 g/mol. The van der Waals surface area contributed by atoms with Crippen molar-refractivity contribution in [1.29, 1.82) is 0 Å². The summed E-state index contributed by atoms with van der Waals surface area (Å²) in [7, 11) is 0. The molecule has 3 rings (SSSR count). The van der Waals surface area contributed by atoms with E-state index < -0.39 is 11.6 Å². The fourth-order valence-electron chi connectivity index (χ4n) is 3.87. The van der Waals surface area contributed by atoms with Crippen LogP contribution in [0.4, 0.5) is 0 Å². The number of rotatable bonds is 9. The first-order valence-electron chi connectivity index (χ1n) is 12.2. The van der Waals surface area contributed by atoms with Crippen LogP contribution in [-0.4, -0.2) is 34.9 Å². The van der Waals surface area contributed by atoms with Gasteiger partial charge in [0.2, 0.25) is 5.91 Å². The Bertz CT molecular complexity index is 1240. The Morgan fingerprint density at radius 1 is 0.892 bits per heavy atom. The van der Waals surface area contributed by atoms with E-state index in [0.717, 1.165) is 22.3 Å². The molecule has 5 nitrogen and oxygen atoms in total. The molecule has 7 heteroatoms. The second-order valence-corrected chi connectivity index (χ2v) is 11.1. The van der Waals surface area contributed by atoms with E-state index >= 15 is 0 Å². The summed E-state index contributed by atoms with van der Waals surface area (Å²) in [6.45, 7) is 9.72. The highest BCUT2D eigenvalue weighted by Crippen LogP contribution is 2.25. The zero-order valence-corrected chi connectivity index (χ0v) is 23.5. The molecule has 3 aromatic carbocycles. The van der Waals surface area contributed by atoms with Crippen LogP contribution in [0.3, 0.4) is 0 Å². The summed E-state index contributed by atoms with van der Waals surface area (Å²) in [5.41, 5.74) is 3.44. The van der Waals surface area contributed by atoms with Crippen molar-refractivity contribution in [3.05, 3.63) is 99.0 Å². The molecule has 0 saturated heterocycles. The van der Waals surface area contributed by atoms with Crippen molar-refractivity contribution in [3.8, 4) is 5.75 Å². The predicted octanol–water partition coefficient (Wildman–Crippen LogP) is 6.54. The van der Waals surface area contributed by atoms with Crippen molar-refractivity contribution in [1.82, 2.24) is 10.2 Å². The Morgan fingerprint density at radius 3 is 2.22 bits per heavy atom. The molecule has 0 bridgehead atoms. The number of aryl methyl sites for hydroxylation is 2. The second-order valence-electron chi connectivity index (χ2n) is 10.2. The van der Waals surface area contributed by atoms with Gasteiger partial charge in [0.15, 0.2) is 6.61 Å². The van der Waals surface area contributed by atoms with Crippen LogP contribution in [0.1, 0.15) is 43.0 Å². The molecule has 0 fully saturated rings. The second kappa shape index (κ2) is 12.5. The molecule has 0 unspecified atom stereocenters. The lowest BCUT2D eigenvalue weighted by atomic mass is 10.0. The van der Waals surface area contributed by atoms with Gasteiger partial charge in [-0.05, 0) is 81.1 Å². The van der Waals surface area contributed by atoms with E-state index in [4.69, 9.17) is 27.9 Å². The van der Waals surface area contributed by atoms with Gasteiger partial charge in [0.25, 0.3) is 5.91 Å². The van der Waals surface area contributed by atoms with Crippen molar-refractivity contribution in [3.63, 3.8) is 0 Å². The Labute approximate surface area is 229 Å². The Balaban J connectivity index is 1.95. The molecule has 0 aliphatic carbocycles. The first kappa shape index (κ1) is 28.5. The summed E-state index contributed by atoms with van der Waals surface area (Å²) in [5.74, 6) is 0.0509. The van der Waals surface area contributed by atoms with E-state index in [0.29, 0.717) is 22.2 Å². The molecule has 0 heterocycles. The third-order valence-electron chi connectivity index (χ3n) is 5.95. The third-order valence-corrected chi connectivity index (χ3v) is 6.69. The molecule has 0 spiro atoms. The molecule has 3 aromatic rings. The zero-order chi connectivity index (χ0) is 27.2. The maximum absolute atomic E-state index is 13.7. The van der Waals surface area contributed by atoms with Gasteiger partial charge in [0, 0.05) is 18.5 Å². The highest BCUT2D eigenvalue weighted by atomic mass is 35.5. The summed E-state index contributed by atoms with van der Waals surface area (Å²) in [6, 6.07) is 19.8. The van der Waals surface area contributed by atoms with Crippen LogP contribution >= 0.6 is 23.2 Å². The number of amides is 2. The molecule has 1 atom stereocenters. The van der Waals surface area contributed by atoms with E-state index in [1.165, 1.54) is 0 Å². The van der Waals surface area contributed by atoms with Crippen molar-refractivity contribution < 1.29 is 14.3 Å². The number of carbonyl (C=O) groups excluding carboxylic acids is 2. The van der Waals surface area contributed by atoms with Gasteiger partial charge < -0.3 is 15.0 Å². The molecule has 0 aliphatic heterocycles. The fourth-order valence-corrected chi connectivity index (χ4v) is 4.19. The minimum absolute atomic E-state index is 0.168. The molecule has 2 amide bonds. The maximum atomic E-state index is 13.7. The molecular formula is C30H34Cl2N2O3. The number of ether oxygens (including phenoxy) is 1. The molecule has 0 aromatic heterocycles. The Kier molecular flexibility index (Phi) is 9.63. The van der Waals surface area contributed by atoms with Crippen LogP contribution in [0.2, 0.25) is 10.0 Å². The van der Waals surface area contributed by atoms with Gasteiger partial charge >= 0.3 is 0 Å². The Morgan fingerprint density at radius 2 is 1.59 bits per heavy atom. The van der Waals surface area contributed by atoms with Crippen molar-refractivity contribution >= 4 is 35.0 Å². The highest BCUT2D eigenvalue weighted by molar-refractivity contribution is 6.42. The number of nitrogens with one attached hydrogen (secondary N) is 1. The standard InChI is InChI=1S/C30H34Cl2N2O3/c1-20-11-13-24(15-21(20)2)37-19-28(35)34(18-23-12-14-25(31)26(32)16-23)27(29(36)33-30(3,4)5)17-22-9-7-6-8-10-22/h6-16,27H,17-19H2,1-5H3,(H,33,36)/t27-/m1/s1. The minimum Gasteiger partial charge on any atom is -0.484 e. The molecule has 0 saturated carbocycles. The zero-order valence-electron chi connectivity index (χ0n) is 22.0. The highest BCUT2D eigenvalue weighted by Gasteiger charge is 2.32. The maximum Gasteiger partial charge on any atom is 0.261 e. The lowest BCUT2D eigenvalue weighted by molar-refractivity contribution is -0.143. The lowest BCUT2D eigenvalue weighted by Crippen LogP contribution is -2.55. The van der Waals surface area contributed by atoms with Crippen LogP contribution in [0.25, 0.3) is 0 Å². The van der Waals surface area contributed by atoms with Gasteiger partial charge in [-0.15, -0.1) is 0 Å². The van der Waals surface area contributed by atoms with Gasteiger partial charge in [-0.25, -0.2) is 0 Å². The van der Waals surface area contributed by atoms with Gasteiger partial charge in [-0.1, -0.05) is 65.7 Å². The fraction of sp³-hybridized carbons (Fsp3) is 0.333. The predicted molar refractivity (Wildman–Crippen MR) is 150 cm³/mol. The van der Waals surface area contributed by atoms with E-state index in [1.54, 1.807) is 23.1 Å². The lowest BCUT2D eigenvalue weighted by Gasteiger charge is -2.33. The molecule has 196 valence electrons. The molecule has 0 radical (unpaired) electrons. The SMILES string of the molecule is Cc1ccc(OCC(=O)N(Cc2ccc(Cl)c(Cl)c2)[C@H](Cc2ccccc2)C(=O)NC(C)(C)C)cc1C. The summed E-state index contributed by atoms with van der Waals surface area (Å²) < 4.78 is 5.88. The number of hydrogen-bond acceptors (Lipinski definition) is 3. The van der Waals surface area contributed by atoms with Crippen LogP contribution in [-0.2, 0) is 22.6 Å². The molecule has 0 aliphatic rings. The number of nitrogens with zero attached hydrogens (tertiary/aromatic N) is 1. The number of carbonyl (C=O) groups is 2. The van der Waals surface area contributed by atoms with Gasteiger partial charge in [-0.2, -0.15) is 0 Å². The van der Waals surface area contributed by atoms with Crippen molar-refractivity contribution in [2.45, 2.75) is 59.2 Å². The van der Waals surface area contributed by atoms with E-state index in [9.17, 15) is 9.59 Å². The van der Waals surface area contributed by atoms with E-state index in [-0.39, 0.29) is 25.0 Å². The van der Waals surface area contributed by atoms with Crippen LogP contribution in [0.5, 0.6) is 5.75 Å². The van der Waals surface area contributed by atoms with E-state index in [1.807, 2.05) is 83.1 Å². The van der Waals surface area contributed by atoms with E-state index in [2.05, 4.69) is 5.32 Å². The minimum atomic E-state index is -0.771. The first-order valence-corrected chi connectivity index (χ1v) is 13.0. The summed E-state index contributed by atoms with van der Waals surface area (Å²) >= 11 is 12.4. The van der Waals surface area contributed by atoms with Crippen LogP contribution in [0.15, 0.2) is 66.7 Å². The third kappa shape index (κ3) is 8.51. The molecule has 1 N–H and O–H groups in total. The van der Waals surface area contributed by atoms with Crippen molar-refractivity contribution in [2.24, 2.45) is 0 Å². The first-order chi connectivity index (χ1) is 17.4. The summed E-state index contributed by atoms with van der Waals surface area (Å²) in [5, 5.41) is 3.86. The smallest absolute Gasteiger partial charge is 0.261 e. The van der Waals surface area contributed by atoms with Gasteiger partial charge in [0.05, 0.1) is 10.0 Å². The largest absolute Gasteiger partial charge is 0.484 e. The normalized spacial score (nSPS) is 12.1. The topological polar surface area (TPSA) is 58.6 Å². The number of hydrogen-bond donors (Lipinski definition) is 1. The van der Waals surface area contributed by atoms with Crippen molar-refractivity contribution in [2.75, 3.05) is 6.61 Å². The van der Waals surface area contributed by atoms with Gasteiger partial charge in [-0.3, -0.25) is 9.59 Å². The number of benzene rings is 3. The summed E-state index contributed by atoms with van der Waals surface area (Å²) in [6.07, 6.45) is 0.347. The number of halogens is 2. The average molecular weight is 542 g/mol. The Hall–Kier alpha value is -3.02. The van der Waals surface area contributed by atoms with Crippen LogP contribution < -0.4 is 10.1 Å². The van der Waals surface area contributed by atoms with Gasteiger partial charge in [0.1, 0.15) is 11.8 Å². The molecule has 37 heavy (non-hydrogen) atoms. The monoisotopic (exact) mass is 540 g/mol. The quantitative estimate of drug-likeness (QED) is 0.335.